The van der Waals surface area contributed by atoms with Gasteiger partial charge in [-0.3, -0.25) is 4.98 Å². The number of benzene rings is 4. The fraction of sp³-hybridized carbons (Fsp3) is 0.194. The molecule has 47 heavy (non-hydrogen) atoms. The van der Waals surface area contributed by atoms with Crippen LogP contribution >= 0.6 is 0 Å². The number of pyridine rings is 1. The number of nitrogens with zero attached hydrogens (tertiary/aromatic N) is 1. The first-order valence-corrected chi connectivity index (χ1v) is 14.6. The predicted molar refractivity (Wildman–Crippen MR) is 159 cm³/mol. The number of unbranched alkanes of at least 4 members (excludes halogenated alkanes) is 2. The summed E-state index contributed by atoms with van der Waals surface area (Å²) in [6.45, 7) is 0.660. The van der Waals surface area contributed by atoms with Crippen LogP contribution in [0.3, 0.4) is 0 Å². The smallest absolute Gasteiger partial charge is 0.429 e. The van der Waals surface area contributed by atoms with Gasteiger partial charge < -0.3 is 4.74 Å². The lowest BCUT2D eigenvalue weighted by molar-refractivity contribution is -0.189. The van der Waals surface area contributed by atoms with Crippen LogP contribution in [0, 0.1) is 34.9 Å². The third kappa shape index (κ3) is 7.29. The zero-order valence-corrected chi connectivity index (χ0v) is 24.8. The Morgan fingerprint density at radius 2 is 1.21 bits per heavy atom. The zero-order valence-electron chi connectivity index (χ0n) is 24.8. The maximum Gasteiger partial charge on any atom is 0.432 e. The van der Waals surface area contributed by atoms with E-state index < -0.39 is 70.1 Å². The van der Waals surface area contributed by atoms with Crippen molar-refractivity contribution in [3.05, 3.63) is 131 Å². The standard InChI is InChI=1S/C36H26F9NO/c1-2-3-4-5-20-6-11-34(46-19-20)21-7-9-25(28(38)12-21)23-15-32(42)35(33(43)16-23)36(44,45)47-24-8-10-26(31(41)17-24)22-13-29(39)27(18-37)30(40)14-22/h6-17,19H,2-5,18H2,1H3. The molecule has 0 fully saturated rings. The van der Waals surface area contributed by atoms with Crippen molar-refractivity contribution in [3.63, 3.8) is 0 Å². The molecule has 0 aliphatic heterocycles. The maximum absolute atomic E-state index is 15.1. The Morgan fingerprint density at radius 3 is 1.74 bits per heavy atom. The molecule has 5 aromatic rings. The van der Waals surface area contributed by atoms with E-state index in [1.165, 1.54) is 12.1 Å². The third-order valence-corrected chi connectivity index (χ3v) is 7.58. The molecule has 2 nitrogen and oxygen atoms in total. The highest BCUT2D eigenvalue weighted by molar-refractivity contribution is 5.70. The Morgan fingerprint density at radius 1 is 0.638 bits per heavy atom. The Bertz CT molecular complexity index is 1860. The molecule has 0 saturated heterocycles. The van der Waals surface area contributed by atoms with E-state index in [9.17, 15) is 17.6 Å². The van der Waals surface area contributed by atoms with E-state index in [1.807, 2.05) is 6.07 Å². The molecule has 0 amide bonds. The molecule has 0 saturated carbocycles. The Hall–Kier alpha value is -4.80. The molecule has 5 rings (SSSR count). The predicted octanol–water partition coefficient (Wildman–Crippen LogP) is 11.2. The van der Waals surface area contributed by atoms with Gasteiger partial charge in [-0.05, 0) is 78.1 Å². The molecule has 0 aliphatic carbocycles. The normalized spacial score (nSPS) is 11.6. The van der Waals surface area contributed by atoms with Gasteiger partial charge in [-0.25, -0.2) is 30.7 Å². The molecular formula is C36H26F9NO. The van der Waals surface area contributed by atoms with Gasteiger partial charge in [0.05, 0.1) is 11.3 Å². The number of aromatic nitrogens is 1. The lowest BCUT2D eigenvalue weighted by Gasteiger charge is -2.20. The van der Waals surface area contributed by atoms with Crippen molar-refractivity contribution in [1.82, 2.24) is 4.98 Å². The Labute approximate surface area is 264 Å². The van der Waals surface area contributed by atoms with Gasteiger partial charge in [0.1, 0.15) is 52.9 Å². The highest BCUT2D eigenvalue weighted by Crippen LogP contribution is 2.39. The quantitative estimate of drug-likeness (QED) is 0.104. The van der Waals surface area contributed by atoms with E-state index in [-0.39, 0.29) is 16.7 Å². The van der Waals surface area contributed by atoms with Crippen LogP contribution < -0.4 is 4.74 Å². The molecule has 1 aromatic heterocycles. The van der Waals surface area contributed by atoms with Crippen molar-refractivity contribution in [2.75, 3.05) is 0 Å². The molecule has 0 unspecified atom stereocenters. The second-order valence-electron chi connectivity index (χ2n) is 10.8. The van der Waals surface area contributed by atoms with Crippen molar-refractivity contribution in [3.8, 4) is 39.3 Å². The van der Waals surface area contributed by atoms with E-state index in [2.05, 4.69) is 16.6 Å². The fourth-order valence-corrected chi connectivity index (χ4v) is 5.12. The number of halogens is 9. The number of alkyl halides is 3. The first-order valence-electron chi connectivity index (χ1n) is 14.6. The lowest BCUT2D eigenvalue weighted by Crippen LogP contribution is -2.25. The second-order valence-corrected chi connectivity index (χ2v) is 10.8. The van der Waals surface area contributed by atoms with E-state index in [0.717, 1.165) is 49.4 Å². The molecule has 0 N–H and O–H groups in total. The number of rotatable bonds is 11. The molecule has 1 heterocycles. The average Bonchev–Trinajstić information content (AvgIpc) is 3.00. The van der Waals surface area contributed by atoms with E-state index in [1.54, 1.807) is 12.3 Å². The molecule has 0 spiro atoms. The highest BCUT2D eigenvalue weighted by atomic mass is 19.3. The summed E-state index contributed by atoms with van der Waals surface area (Å²) >= 11 is 0. The van der Waals surface area contributed by atoms with Crippen LogP contribution in [0.4, 0.5) is 39.5 Å². The van der Waals surface area contributed by atoms with Crippen LogP contribution in [-0.2, 0) is 19.2 Å². The minimum absolute atomic E-state index is 0.261. The van der Waals surface area contributed by atoms with Crippen LogP contribution in [0.5, 0.6) is 5.75 Å². The van der Waals surface area contributed by atoms with Crippen molar-refractivity contribution in [2.24, 2.45) is 0 Å². The van der Waals surface area contributed by atoms with Crippen LogP contribution in [0.2, 0.25) is 0 Å². The SMILES string of the molecule is CCCCCc1ccc(-c2ccc(-c3cc(F)c(C(F)(F)Oc4ccc(-c5cc(F)c(CF)c(F)c5)c(F)c4)c(F)c3)c(F)c2)nc1. The third-order valence-electron chi connectivity index (χ3n) is 7.58. The summed E-state index contributed by atoms with van der Waals surface area (Å²) in [6.07, 6.45) is 1.07. The van der Waals surface area contributed by atoms with Crippen molar-refractivity contribution in [1.29, 1.82) is 0 Å². The molecule has 0 aliphatic rings. The lowest BCUT2D eigenvalue weighted by atomic mass is 9.99. The summed E-state index contributed by atoms with van der Waals surface area (Å²) in [5.74, 6) is -9.09. The molecule has 0 bridgehead atoms. The fourth-order valence-electron chi connectivity index (χ4n) is 5.12. The average molecular weight is 660 g/mol. The van der Waals surface area contributed by atoms with Gasteiger partial charge >= 0.3 is 6.11 Å². The van der Waals surface area contributed by atoms with Crippen LogP contribution in [0.1, 0.15) is 42.9 Å². The van der Waals surface area contributed by atoms with Gasteiger partial charge in [0.15, 0.2) is 0 Å². The van der Waals surface area contributed by atoms with Gasteiger partial charge in [0, 0.05) is 29.0 Å². The monoisotopic (exact) mass is 659 g/mol. The van der Waals surface area contributed by atoms with Gasteiger partial charge in [-0.1, -0.05) is 38.0 Å². The summed E-state index contributed by atoms with van der Waals surface area (Å²) in [6, 6.07) is 11.9. The van der Waals surface area contributed by atoms with Crippen molar-refractivity contribution >= 4 is 0 Å². The molecule has 4 aromatic carbocycles. The van der Waals surface area contributed by atoms with E-state index in [4.69, 9.17) is 0 Å². The summed E-state index contributed by atoms with van der Waals surface area (Å²) < 4.78 is 135. The van der Waals surface area contributed by atoms with Crippen LogP contribution in [0.25, 0.3) is 33.5 Å². The molecule has 244 valence electrons. The summed E-state index contributed by atoms with van der Waals surface area (Å²) in [7, 11) is 0. The van der Waals surface area contributed by atoms with Gasteiger partial charge in [0.2, 0.25) is 0 Å². The largest absolute Gasteiger partial charge is 0.432 e. The van der Waals surface area contributed by atoms with Gasteiger partial charge in [0.25, 0.3) is 0 Å². The van der Waals surface area contributed by atoms with Crippen LogP contribution in [0.15, 0.2) is 79.0 Å². The first kappa shape index (κ1) is 33.6. The maximum atomic E-state index is 15.1. The molecule has 0 atom stereocenters. The molecule has 0 radical (unpaired) electrons. The van der Waals surface area contributed by atoms with Crippen LogP contribution in [-0.4, -0.2) is 4.98 Å². The van der Waals surface area contributed by atoms with Crippen molar-refractivity contribution < 1.29 is 44.3 Å². The molecule has 11 heteroatoms. The number of aryl methyl sites for hydroxylation is 1. The molecular weight excluding hydrogens is 633 g/mol. The minimum Gasteiger partial charge on any atom is -0.429 e. The topological polar surface area (TPSA) is 22.1 Å². The first-order chi connectivity index (χ1) is 22.4. The summed E-state index contributed by atoms with van der Waals surface area (Å²) in [4.78, 5) is 4.36. The Kier molecular flexibility index (Phi) is 9.93. The number of ether oxygens (including phenoxy) is 1. The zero-order chi connectivity index (χ0) is 33.9. The van der Waals surface area contributed by atoms with E-state index >= 15 is 22.0 Å². The number of hydrogen-bond acceptors (Lipinski definition) is 2. The van der Waals surface area contributed by atoms with Gasteiger partial charge in [-0.15, -0.1) is 0 Å². The van der Waals surface area contributed by atoms with Gasteiger partial charge in [-0.2, -0.15) is 8.78 Å². The number of hydrogen-bond donors (Lipinski definition) is 0. The van der Waals surface area contributed by atoms with E-state index in [0.29, 0.717) is 41.6 Å². The second kappa shape index (κ2) is 13.9. The summed E-state index contributed by atoms with van der Waals surface area (Å²) in [5.41, 5.74) is -2.19. The summed E-state index contributed by atoms with van der Waals surface area (Å²) in [5, 5.41) is 0. The Balaban J connectivity index is 1.36. The van der Waals surface area contributed by atoms with Crippen molar-refractivity contribution in [2.45, 2.75) is 45.4 Å². The minimum atomic E-state index is -4.67. The highest BCUT2D eigenvalue weighted by Gasteiger charge is 2.41.